The molecule has 258 valence electrons. The number of likely N-dealkylation sites (tertiary alicyclic amines) is 1. The summed E-state index contributed by atoms with van der Waals surface area (Å²) in [7, 11) is 0. The van der Waals surface area contributed by atoms with Gasteiger partial charge in [0.2, 0.25) is 17.7 Å². The number of fused-ring (bicyclic) bond motifs is 1. The van der Waals surface area contributed by atoms with Gasteiger partial charge in [-0.15, -0.1) is 0 Å². The lowest BCUT2D eigenvalue weighted by Gasteiger charge is -2.36. The third-order valence-corrected chi connectivity index (χ3v) is 10.5. The Balaban J connectivity index is 0.849. The van der Waals surface area contributed by atoms with Gasteiger partial charge in [-0.05, 0) is 54.9 Å². The largest absolute Gasteiger partial charge is 0.445 e. The summed E-state index contributed by atoms with van der Waals surface area (Å²) in [6.45, 7) is 6.90. The van der Waals surface area contributed by atoms with E-state index in [1.165, 1.54) is 0 Å². The van der Waals surface area contributed by atoms with Crippen LogP contribution in [0.4, 0.5) is 10.5 Å². The first-order valence-electron chi connectivity index (χ1n) is 17.3. The molecule has 5 heterocycles. The van der Waals surface area contributed by atoms with Gasteiger partial charge in [-0.1, -0.05) is 30.3 Å². The molecule has 4 saturated heterocycles. The van der Waals surface area contributed by atoms with Crippen LogP contribution in [0.15, 0.2) is 48.5 Å². The minimum atomic E-state index is -0.983. The molecule has 49 heavy (non-hydrogen) atoms. The molecule has 0 bridgehead atoms. The van der Waals surface area contributed by atoms with Crippen molar-refractivity contribution in [1.82, 2.24) is 24.9 Å². The van der Waals surface area contributed by atoms with Gasteiger partial charge in [0.1, 0.15) is 12.6 Å². The summed E-state index contributed by atoms with van der Waals surface area (Å²) in [5.74, 6) is -1.17. The lowest BCUT2D eigenvalue weighted by molar-refractivity contribution is -0.136. The Hall–Kier alpha value is -4.78. The monoisotopic (exact) mass is 670 g/mol. The van der Waals surface area contributed by atoms with Crippen LogP contribution in [0.5, 0.6) is 0 Å². The van der Waals surface area contributed by atoms with Gasteiger partial charge >= 0.3 is 6.09 Å². The van der Waals surface area contributed by atoms with Crippen molar-refractivity contribution in [2.24, 2.45) is 11.8 Å². The minimum Gasteiger partial charge on any atom is -0.445 e. The van der Waals surface area contributed by atoms with Gasteiger partial charge in [-0.25, -0.2) is 4.79 Å². The number of imide groups is 2. The summed E-state index contributed by atoms with van der Waals surface area (Å²) >= 11 is 0. The lowest BCUT2D eigenvalue weighted by Crippen LogP contribution is -2.54. The number of ether oxygens (including phenoxy) is 1. The molecule has 0 saturated carbocycles. The predicted molar refractivity (Wildman–Crippen MR) is 177 cm³/mol. The van der Waals surface area contributed by atoms with E-state index in [9.17, 15) is 28.8 Å². The van der Waals surface area contributed by atoms with Gasteiger partial charge in [-0.3, -0.25) is 39.1 Å². The molecule has 2 atom stereocenters. The van der Waals surface area contributed by atoms with Crippen molar-refractivity contribution in [2.45, 2.75) is 44.8 Å². The summed E-state index contributed by atoms with van der Waals surface area (Å²) in [5.41, 5.74) is 2.38. The fraction of sp³-hybridized carbons (Fsp3) is 0.500. The van der Waals surface area contributed by atoms with Crippen LogP contribution in [0, 0.1) is 11.8 Å². The van der Waals surface area contributed by atoms with Gasteiger partial charge in [0.05, 0.1) is 11.1 Å². The Bertz CT molecular complexity index is 1630. The Morgan fingerprint density at radius 3 is 2.27 bits per heavy atom. The van der Waals surface area contributed by atoms with E-state index in [0.717, 1.165) is 74.8 Å². The highest BCUT2D eigenvalue weighted by Crippen LogP contribution is 2.33. The van der Waals surface area contributed by atoms with E-state index in [1.807, 2.05) is 41.3 Å². The Morgan fingerprint density at radius 1 is 0.796 bits per heavy atom. The maximum absolute atomic E-state index is 13.3. The number of carbonyl (C=O) groups is 6. The maximum Gasteiger partial charge on any atom is 0.410 e. The lowest BCUT2D eigenvalue weighted by atomic mass is 9.95. The van der Waals surface area contributed by atoms with Crippen molar-refractivity contribution >= 4 is 41.3 Å². The molecular formula is C36H42N6O7. The van der Waals surface area contributed by atoms with E-state index in [4.69, 9.17) is 4.74 Å². The summed E-state index contributed by atoms with van der Waals surface area (Å²) in [5, 5.41) is 2.23. The van der Waals surface area contributed by atoms with Crippen LogP contribution in [0.25, 0.3) is 0 Å². The molecule has 7 rings (SSSR count). The highest BCUT2D eigenvalue weighted by molar-refractivity contribution is 6.23. The molecule has 4 fully saturated rings. The summed E-state index contributed by atoms with van der Waals surface area (Å²) in [4.78, 5) is 85.1. The Morgan fingerprint density at radius 2 is 1.53 bits per heavy atom. The molecular weight excluding hydrogens is 628 g/mol. The SMILES string of the molecule is O=C1CCC(N2C(=O)c3ccc(N4CCC(CN5C[C@@H](CN6CCN(C(=O)OCc7ccccc7)CC6)CC5=O)CC4)cc3C2=O)C(=O)N1. The van der Waals surface area contributed by atoms with Crippen molar-refractivity contribution in [1.29, 1.82) is 0 Å². The van der Waals surface area contributed by atoms with Crippen LogP contribution in [-0.2, 0) is 25.7 Å². The smallest absolute Gasteiger partial charge is 0.410 e. The summed E-state index contributed by atoms with van der Waals surface area (Å²) in [6.07, 6.45) is 2.29. The quantitative estimate of drug-likeness (QED) is 0.419. The molecule has 1 N–H and O–H groups in total. The molecule has 13 heteroatoms. The maximum atomic E-state index is 13.3. The van der Waals surface area contributed by atoms with E-state index in [-0.39, 0.29) is 48.5 Å². The topological polar surface area (TPSA) is 140 Å². The van der Waals surface area contributed by atoms with E-state index >= 15 is 0 Å². The average Bonchev–Trinajstić information content (AvgIpc) is 3.58. The van der Waals surface area contributed by atoms with Crippen molar-refractivity contribution < 1.29 is 33.5 Å². The number of piperidine rings is 2. The number of nitrogens with one attached hydrogen (secondary N) is 1. The second-order valence-corrected chi connectivity index (χ2v) is 13.8. The normalized spacial score (nSPS) is 23.7. The number of hydrogen-bond donors (Lipinski definition) is 1. The Labute approximate surface area is 285 Å². The molecule has 6 amide bonds. The van der Waals surface area contributed by atoms with Crippen molar-refractivity contribution in [3.8, 4) is 0 Å². The highest BCUT2D eigenvalue weighted by Gasteiger charge is 2.45. The third kappa shape index (κ3) is 7.03. The number of piperazine rings is 1. The third-order valence-electron chi connectivity index (χ3n) is 10.5. The molecule has 5 aliphatic heterocycles. The van der Waals surface area contributed by atoms with Crippen molar-refractivity contribution in [3.63, 3.8) is 0 Å². The molecule has 5 aliphatic rings. The second kappa shape index (κ2) is 14.0. The van der Waals surface area contributed by atoms with Crippen molar-refractivity contribution in [3.05, 3.63) is 65.2 Å². The number of hydrogen-bond acceptors (Lipinski definition) is 9. The molecule has 0 aromatic heterocycles. The van der Waals surface area contributed by atoms with E-state index < -0.39 is 29.7 Å². The van der Waals surface area contributed by atoms with E-state index in [2.05, 4.69) is 15.1 Å². The fourth-order valence-electron chi connectivity index (χ4n) is 7.78. The Kier molecular flexibility index (Phi) is 9.35. The predicted octanol–water partition coefficient (Wildman–Crippen LogP) is 2.11. The molecule has 0 spiro atoms. The molecule has 1 unspecified atom stereocenters. The van der Waals surface area contributed by atoms with Crippen LogP contribution in [0.1, 0.15) is 58.4 Å². The standard InChI is InChI=1S/C36H42N6O7/c43-31-9-8-30(33(45)37-31)42-34(46)28-7-6-27(19-29(28)35(42)47)39-12-10-24(11-13-39)21-41-22-26(18-32(41)44)20-38-14-16-40(17-15-38)36(48)49-23-25-4-2-1-3-5-25/h1-7,19,24,26,30H,8-18,20-23H2,(H,37,43,45)/t26-,30?/m1/s1. The molecule has 2 aromatic rings. The molecule has 0 aliphatic carbocycles. The zero-order chi connectivity index (χ0) is 34.1. The molecule has 2 aromatic carbocycles. The van der Waals surface area contributed by atoms with Crippen LogP contribution >= 0.6 is 0 Å². The first kappa shape index (κ1) is 32.8. The number of amides is 6. The number of anilines is 1. The average molecular weight is 671 g/mol. The zero-order valence-electron chi connectivity index (χ0n) is 27.6. The number of rotatable bonds is 8. The zero-order valence-corrected chi connectivity index (χ0v) is 27.6. The first-order valence-corrected chi connectivity index (χ1v) is 17.3. The van der Waals surface area contributed by atoms with Gasteiger partial charge in [0.15, 0.2) is 0 Å². The summed E-state index contributed by atoms with van der Waals surface area (Å²) < 4.78 is 5.49. The first-order chi connectivity index (χ1) is 23.7. The molecule has 13 nitrogen and oxygen atoms in total. The summed E-state index contributed by atoms with van der Waals surface area (Å²) in [6, 6.07) is 13.9. The van der Waals surface area contributed by atoms with E-state index in [0.29, 0.717) is 25.4 Å². The number of carbonyl (C=O) groups excluding carboxylic acids is 6. The van der Waals surface area contributed by atoms with E-state index in [1.54, 1.807) is 17.0 Å². The molecule has 0 radical (unpaired) electrons. The second-order valence-electron chi connectivity index (χ2n) is 13.8. The van der Waals surface area contributed by atoms with Crippen LogP contribution in [-0.4, -0.2) is 120 Å². The number of nitrogens with zero attached hydrogens (tertiary/aromatic N) is 5. The highest BCUT2D eigenvalue weighted by atomic mass is 16.6. The van der Waals surface area contributed by atoms with Gasteiger partial charge < -0.3 is 19.4 Å². The fourth-order valence-corrected chi connectivity index (χ4v) is 7.78. The van der Waals surface area contributed by atoms with Crippen LogP contribution < -0.4 is 10.2 Å². The van der Waals surface area contributed by atoms with Crippen LogP contribution in [0.2, 0.25) is 0 Å². The van der Waals surface area contributed by atoms with Crippen LogP contribution in [0.3, 0.4) is 0 Å². The minimum absolute atomic E-state index is 0.0839. The van der Waals surface area contributed by atoms with Gasteiger partial charge in [-0.2, -0.15) is 0 Å². The van der Waals surface area contributed by atoms with Gasteiger partial charge in [0.25, 0.3) is 11.8 Å². The number of benzene rings is 2. The van der Waals surface area contributed by atoms with Crippen molar-refractivity contribution in [2.75, 3.05) is 63.8 Å². The van der Waals surface area contributed by atoms with Gasteiger partial charge in [0, 0.05) is 77.4 Å².